The van der Waals surface area contributed by atoms with Crippen LogP contribution in [0.5, 0.6) is 0 Å². The zero-order valence-corrected chi connectivity index (χ0v) is 12.8. The molecule has 1 aromatic rings. The highest BCUT2D eigenvalue weighted by molar-refractivity contribution is 9.10. The lowest BCUT2D eigenvalue weighted by atomic mass is 9.75. The number of ether oxygens (including phenoxy) is 1. The van der Waals surface area contributed by atoms with Crippen LogP contribution in [0.15, 0.2) is 10.7 Å². The Hall–Kier alpha value is -0.720. The molecule has 6 heteroatoms. The van der Waals surface area contributed by atoms with E-state index in [1.165, 1.54) is 0 Å². The van der Waals surface area contributed by atoms with Crippen molar-refractivity contribution in [2.75, 3.05) is 19.8 Å². The van der Waals surface area contributed by atoms with Crippen molar-refractivity contribution in [1.82, 2.24) is 9.78 Å². The fourth-order valence-corrected chi connectivity index (χ4v) is 2.98. The standard InChI is InChI=1S/C13H20BrN3O2/c1-2-5-17-11(10(14)8-16-17)12(18)13(9-15)3-6-19-7-4-13/h8H,2-7,9,15H2,1H3. The van der Waals surface area contributed by atoms with Crippen molar-refractivity contribution in [3.8, 4) is 0 Å². The first kappa shape index (κ1) is 14.7. The largest absolute Gasteiger partial charge is 0.381 e. The summed E-state index contributed by atoms with van der Waals surface area (Å²) in [6.07, 6.45) is 4.00. The molecule has 106 valence electrons. The number of nitrogens with two attached hydrogens (primary N) is 1. The fraction of sp³-hybridized carbons (Fsp3) is 0.692. The molecule has 2 heterocycles. The number of carbonyl (C=O) groups is 1. The van der Waals surface area contributed by atoms with Crippen molar-refractivity contribution in [2.45, 2.75) is 32.7 Å². The molecule has 0 saturated carbocycles. The maximum absolute atomic E-state index is 12.9. The van der Waals surface area contributed by atoms with Crippen molar-refractivity contribution in [1.29, 1.82) is 0 Å². The van der Waals surface area contributed by atoms with E-state index in [9.17, 15) is 4.79 Å². The zero-order chi connectivity index (χ0) is 13.9. The Bertz CT molecular complexity index is 453. The van der Waals surface area contributed by atoms with Gasteiger partial charge in [0.15, 0.2) is 5.78 Å². The maximum atomic E-state index is 12.9. The highest BCUT2D eigenvalue weighted by atomic mass is 79.9. The Morgan fingerprint density at radius 3 is 2.84 bits per heavy atom. The van der Waals surface area contributed by atoms with Crippen LogP contribution in [-0.2, 0) is 11.3 Å². The van der Waals surface area contributed by atoms with Gasteiger partial charge in [0.25, 0.3) is 0 Å². The molecule has 0 aliphatic carbocycles. The molecule has 19 heavy (non-hydrogen) atoms. The van der Waals surface area contributed by atoms with Crippen LogP contribution in [0, 0.1) is 5.41 Å². The van der Waals surface area contributed by atoms with Crippen LogP contribution in [0.4, 0.5) is 0 Å². The van der Waals surface area contributed by atoms with Crippen LogP contribution in [0.3, 0.4) is 0 Å². The number of nitrogens with zero attached hydrogens (tertiary/aromatic N) is 2. The number of halogens is 1. The lowest BCUT2D eigenvalue weighted by molar-refractivity contribution is 0.0193. The van der Waals surface area contributed by atoms with Crippen LogP contribution in [0.2, 0.25) is 0 Å². The number of aromatic nitrogens is 2. The normalized spacial score (nSPS) is 18.5. The Morgan fingerprint density at radius 2 is 2.26 bits per heavy atom. The van der Waals surface area contributed by atoms with Crippen molar-refractivity contribution < 1.29 is 9.53 Å². The van der Waals surface area contributed by atoms with Gasteiger partial charge in [0, 0.05) is 26.3 Å². The molecule has 1 aliphatic rings. The molecule has 0 unspecified atom stereocenters. The third-order valence-electron chi connectivity index (χ3n) is 3.77. The first-order chi connectivity index (χ1) is 9.14. The molecule has 2 rings (SSSR count). The first-order valence-electron chi connectivity index (χ1n) is 6.68. The number of Topliss-reactive ketones (excluding diaryl/α,β-unsaturated/α-hetero) is 1. The average Bonchev–Trinajstić information content (AvgIpc) is 2.80. The number of rotatable bonds is 5. The molecule has 0 atom stereocenters. The number of hydrogen-bond acceptors (Lipinski definition) is 4. The van der Waals surface area contributed by atoms with Crippen LogP contribution >= 0.6 is 15.9 Å². The number of ketones is 1. The van der Waals surface area contributed by atoms with E-state index < -0.39 is 5.41 Å². The molecular weight excluding hydrogens is 310 g/mol. The second-order valence-corrected chi connectivity index (χ2v) is 5.84. The first-order valence-corrected chi connectivity index (χ1v) is 7.48. The minimum absolute atomic E-state index is 0.0936. The molecule has 0 aromatic carbocycles. The van der Waals surface area contributed by atoms with E-state index in [1.54, 1.807) is 10.9 Å². The summed E-state index contributed by atoms with van der Waals surface area (Å²) >= 11 is 3.43. The summed E-state index contributed by atoms with van der Waals surface area (Å²) in [5.41, 5.74) is 6.05. The number of carbonyl (C=O) groups excluding carboxylic acids is 1. The molecule has 0 spiro atoms. The Morgan fingerprint density at radius 1 is 1.58 bits per heavy atom. The van der Waals surface area contributed by atoms with Crippen molar-refractivity contribution in [3.05, 3.63) is 16.4 Å². The monoisotopic (exact) mass is 329 g/mol. The van der Waals surface area contributed by atoms with Gasteiger partial charge in [0.1, 0.15) is 5.69 Å². The van der Waals surface area contributed by atoms with E-state index in [0.717, 1.165) is 17.4 Å². The molecule has 0 amide bonds. The van der Waals surface area contributed by atoms with Gasteiger partial charge in [-0.1, -0.05) is 6.92 Å². The van der Waals surface area contributed by atoms with Gasteiger partial charge in [-0.05, 0) is 35.2 Å². The second-order valence-electron chi connectivity index (χ2n) is 4.99. The van der Waals surface area contributed by atoms with Crippen molar-refractivity contribution in [3.63, 3.8) is 0 Å². The Labute approximate surface area is 121 Å². The SMILES string of the molecule is CCCn1ncc(Br)c1C(=O)C1(CN)CCOCC1. The second kappa shape index (κ2) is 6.15. The summed E-state index contributed by atoms with van der Waals surface area (Å²) in [6, 6.07) is 0. The van der Waals surface area contributed by atoms with Gasteiger partial charge in [-0.3, -0.25) is 9.48 Å². The van der Waals surface area contributed by atoms with Crippen LogP contribution < -0.4 is 5.73 Å². The fourth-order valence-electron chi connectivity index (χ4n) is 2.51. The van der Waals surface area contributed by atoms with E-state index in [-0.39, 0.29) is 5.78 Å². The lowest BCUT2D eigenvalue weighted by Crippen LogP contribution is -2.44. The Kier molecular flexibility index (Phi) is 4.76. The lowest BCUT2D eigenvalue weighted by Gasteiger charge is -2.34. The van der Waals surface area contributed by atoms with Crippen molar-refractivity contribution in [2.24, 2.45) is 11.1 Å². The molecule has 5 nitrogen and oxygen atoms in total. The molecule has 0 radical (unpaired) electrons. The molecular formula is C13H20BrN3O2. The van der Waals surface area contributed by atoms with E-state index in [1.807, 2.05) is 0 Å². The molecule has 1 aromatic heterocycles. The van der Waals surface area contributed by atoms with Crippen molar-refractivity contribution >= 4 is 21.7 Å². The predicted octanol–water partition coefficient (Wildman–Crippen LogP) is 1.99. The minimum Gasteiger partial charge on any atom is -0.381 e. The minimum atomic E-state index is -0.494. The molecule has 1 fully saturated rings. The summed E-state index contributed by atoms with van der Waals surface area (Å²) in [7, 11) is 0. The van der Waals surface area contributed by atoms with E-state index in [2.05, 4.69) is 28.0 Å². The zero-order valence-electron chi connectivity index (χ0n) is 11.2. The van der Waals surface area contributed by atoms with E-state index in [0.29, 0.717) is 38.3 Å². The third-order valence-corrected chi connectivity index (χ3v) is 4.35. The maximum Gasteiger partial charge on any atom is 0.189 e. The van der Waals surface area contributed by atoms with Crippen LogP contribution in [0.25, 0.3) is 0 Å². The highest BCUT2D eigenvalue weighted by Gasteiger charge is 2.41. The highest BCUT2D eigenvalue weighted by Crippen LogP contribution is 2.35. The topological polar surface area (TPSA) is 70.1 Å². The summed E-state index contributed by atoms with van der Waals surface area (Å²) in [5.74, 6) is 0.0936. The van der Waals surface area contributed by atoms with Gasteiger partial charge >= 0.3 is 0 Å². The molecule has 2 N–H and O–H groups in total. The molecule has 1 aliphatic heterocycles. The van der Waals surface area contributed by atoms with E-state index in [4.69, 9.17) is 10.5 Å². The summed E-state index contributed by atoms with van der Waals surface area (Å²) < 4.78 is 7.89. The quantitative estimate of drug-likeness (QED) is 0.839. The van der Waals surface area contributed by atoms with Gasteiger partial charge in [-0.2, -0.15) is 5.10 Å². The predicted molar refractivity (Wildman–Crippen MR) is 76.1 cm³/mol. The smallest absolute Gasteiger partial charge is 0.189 e. The third kappa shape index (κ3) is 2.75. The molecule has 0 bridgehead atoms. The summed E-state index contributed by atoms with van der Waals surface area (Å²) in [5, 5.41) is 4.26. The van der Waals surface area contributed by atoms with Gasteiger partial charge in [0.2, 0.25) is 0 Å². The summed E-state index contributed by atoms with van der Waals surface area (Å²) in [6.45, 7) is 4.37. The molecule has 1 saturated heterocycles. The number of aryl methyl sites for hydroxylation is 1. The number of hydrogen-bond donors (Lipinski definition) is 1. The van der Waals surface area contributed by atoms with Gasteiger partial charge in [-0.15, -0.1) is 0 Å². The van der Waals surface area contributed by atoms with Gasteiger partial charge in [0.05, 0.1) is 16.1 Å². The summed E-state index contributed by atoms with van der Waals surface area (Å²) in [4.78, 5) is 12.9. The van der Waals surface area contributed by atoms with Gasteiger partial charge < -0.3 is 10.5 Å². The van der Waals surface area contributed by atoms with Crippen LogP contribution in [-0.4, -0.2) is 35.3 Å². The average molecular weight is 330 g/mol. The van der Waals surface area contributed by atoms with E-state index >= 15 is 0 Å². The Balaban J connectivity index is 2.34. The van der Waals surface area contributed by atoms with Gasteiger partial charge in [-0.25, -0.2) is 0 Å². The van der Waals surface area contributed by atoms with Crippen LogP contribution in [0.1, 0.15) is 36.7 Å².